The minimum atomic E-state index is -0.545. The minimum absolute atomic E-state index is 0.282. The van der Waals surface area contributed by atoms with E-state index in [2.05, 4.69) is 21.2 Å². The van der Waals surface area contributed by atoms with Crippen LogP contribution in [0.5, 0.6) is 5.75 Å². The van der Waals surface area contributed by atoms with Gasteiger partial charge in [-0.25, -0.2) is 4.79 Å². The molecule has 0 saturated heterocycles. The van der Waals surface area contributed by atoms with Gasteiger partial charge in [0.15, 0.2) is 0 Å². The van der Waals surface area contributed by atoms with Crippen molar-refractivity contribution in [1.82, 2.24) is 5.32 Å². The van der Waals surface area contributed by atoms with Gasteiger partial charge in [0.1, 0.15) is 18.0 Å². The number of hydrogen-bond donors (Lipinski definition) is 1. The van der Waals surface area contributed by atoms with Crippen molar-refractivity contribution in [1.29, 1.82) is 0 Å². The summed E-state index contributed by atoms with van der Waals surface area (Å²) in [6.45, 7) is 10.1. The van der Waals surface area contributed by atoms with Crippen molar-refractivity contribution >= 4 is 34.6 Å². The normalized spacial score (nSPS) is 21.2. The molecular weight excluding hydrogens is 389 g/mol. The first-order valence-electron chi connectivity index (χ1n) is 8.31. The lowest BCUT2D eigenvalue weighted by Gasteiger charge is -2.25. The molecule has 8 heteroatoms. The Morgan fingerprint density at radius 1 is 1.44 bits per heavy atom. The summed E-state index contributed by atoms with van der Waals surface area (Å²) in [5.41, 5.74) is 0.810. The van der Waals surface area contributed by atoms with E-state index in [1.54, 1.807) is 0 Å². The quantitative estimate of drug-likeness (QED) is 0.758. The average molecular weight is 412 g/mol. The van der Waals surface area contributed by atoms with Crippen molar-refractivity contribution < 1.29 is 23.6 Å². The number of ether oxygens (including phenoxy) is 2. The molecule has 0 fully saturated rings. The number of halogens is 1. The molecule has 1 aromatic carbocycles. The van der Waals surface area contributed by atoms with Crippen LogP contribution >= 0.6 is 15.9 Å². The summed E-state index contributed by atoms with van der Waals surface area (Å²) in [5.74, 6) is 0.758. The fourth-order valence-electron chi connectivity index (χ4n) is 2.87. The number of benzene rings is 1. The molecule has 2 aliphatic heterocycles. The maximum atomic E-state index is 11.9. The zero-order valence-corrected chi connectivity index (χ0v) is 16.7. The van der Waals surface area contributed by atoms with E-state index < -0.39 is 24.4 Å². The van der Waals surface area contributed by atoms with E-state index in [0.717, 1.165) is 21.2 Å². The fourth-order valence-corrected chi connectivity index (χ4v) is 3.47. The molecule has 1 aromatic rings. The molecule has 6 nitrogen and oxygen atoms in total. The highest BCUT2D eigenvalue weighted by atomic mass is 79.9. The van der Waals surface area contributed by atoms with Crippen molar-refractivity contribution in [3.05, 3.63) is 22.2 Å². The number of amides is 1. The lowest BCUT2D eigenvalue weighted by Crippen LogP contribution is -2.41. The van der Waals surface area contributed by atoms with Gasteiger partial charge in [0.05, 0.1) is 11.7 Å². The highest BCUT2D eigenvalue weighted by molar-refractivity contribution is 9.10. The third-order valence-electron chi connectivity index (χ3n) is 3.87. The second-order valence-electron chi connectivity index (χ2n) is 7.88. The summed E-state index contributed by atoms with van der Waals surface area (Å²) in [4.78, 5) is 11.9. The van der Waals surface area contributed by atoms with E-state index in [9.17, 15) is 4.79 Å². The van der Waals surface area contributed by atoms with E-state index in [1.165, 1.54) is 0 Å². The maximum Gasteiger partial charge on any atom is 0.499 e. The van der Waals surface area contributed by atoms with Crippen molar-refractivity contribution in [2.45, 2.75) is 51.9 Å². The molecule has 25 heavy (non-hydrogen) atoms. The van der Waals surface area contributed by atoms with Gasteiger partial charge >= 0.3 is 13.2 Å². The maximum absolute atomic E-state index is 11.9. The van der Waals surface area contributed by atoms with Gasteiger partial charge in [-0.2, -0.15) is 0 Å². The average Bonchev–Trinajstić information content (AvgIpc) is 2.75. The van der Waals surface area contributed by atoms with E-state index in [4.69, 9.17) is 18.8 Å². The first-order chi connectivity index (χ1) is 11.6. The predicted octanol–water partition coefficient (Wildman–Crippen LogP) is 2.93. The van der Waals surface area contributed by atoms with E-state index in [1.807, 2.05) is 46.8 Å². The van der Waals surface area contributed by atoms with Gasteiger partial charge in [0.25, 0.3) is 0 Å². The third-order valence-corrected chi connectivity index (χ3v) is 4.56. The van der Waals surface area contributed by atoms with Crippen LogP contribution in [0.15, 0.2) is 16.6 Å². The van der Waals surface area contributed by atoms with Crippen molar-refractivity contribution in [3.63, 3.8) is 0 Å². The summed E-state index contributed by atoms with van der Waals surface area (Å²) < 4.78 is 24.3. The largest absolute Gasteiger partial charge is 0.499 e. The van der Waals surface area contributed by atoms with Gasteiger partial charge in [-0.05, 0) is 52.3 Å². The van der Waals surface area contributed by atoms with E-state index in [0.29, 0.717) is 6.61 Å². The second-order valence-corrected chi connectivity index (χ2v) is 8.73. The van der Waals surface area contributed by atoms with Crippen molar-refractivity contribution in [2.24, 2.45) is 0 Å². The third kappa shape index (κ3) is 4.12. The molecule has 2 heterocycles. The summed E-state index contributed by atoms with van der Waals surface area (Å²) in [5, 5.41) is 2.77. The molecule has 136 valence electrons. The topological polar surface area (TPSA) is 66.0 Å². The summed E-state index contributed by atoms with van der Waals surface area (Å²) in [6.07, 6.45) is -0.822. The van der Waals surface area contributed by atoms with Gasteiger partial charge in [-0.15, -0.1) is 0 Å². The van der Waals surface area contributed by atoms with E-state index in [-0.39, 0.29) is 12.6 Å². The van der Waals surface area contributed by atoms with Crippen LogP contribution in [-0.2, 0) is 14.0 Å². The van der Waals surface area contributed by atoms with Gasteiger partial charge < -0.3 is 24.1 Å². The minimum Gasteiger partial charge on any atom is -0.491 e. The molecule has 0 radical (unpaired) electrons. The van der Waals surface area contributed by atoms with Crippen LogP contribution in [0.2, 0.25) is 0 Å². The van der Waals surface area contributed by atoms with Crippen LogP contribution < -0.4 is 15.5 Å². The van der Waals surface area contributed by atoms with Crippen LogP contribution in [0, 0.1) is 0 Å². The first kappa shape index (κ1) is 18.5. The Kier molecular flexibility index (Phi) is 4.81. The second kappa shape index (κ2) is 6.48. The molecule has 0 aromatic heterocycles. The fraction of sp³-hybridized carbons (Fsp3) is 0.588. The number of rotatable bonds is 2. The standard InChI is InChI=1S/C17H23BBrNO5/c1-16(2,3)23-15(21)20-8-12-13-10(19)6-7-11-14(13)18(24-12)25-17(4,5)9-22-11/h6-7,12H,8-9H2,1-5H3,(H,20,21)/t12-/m0/s1. The van der Waals surface area contributed by atoms with Gasteiger partial charge in [0, 0.05) is 16.5 Å². The van der Waals surface area contributed by atoms with E-state index >= 15 is 0 Å². The van der Waals surface area contributed by atoms with Crippen LogP contribution in [-0.4, -0.2) is 37.6 Å². The number of alkyl carbamates (subject to hydrolysis) is 1. The molecule has 0 bridgehead atoms. The molecule has 0 aliphatic carbocycles. The number of hydrogen-bond acceptors (Lipinski definition) is 5. The molecule has 0 saturated carbocycles. The Morgan fingerprint density at radius 3 is 2.84 bits per heavy atom. The van der Waals surface area contributed by atoms with Gasteiger partial charge in [0.2, 0.25) is 0 Å². The monoisotopic (exact) mass is 411 g/mol. The van der Waals surface area contributed by atoms with Gasteiger partial charge in [-0.3, -0.25) is 0 Å². The SMILES string of the molecule is CC(C)(C)OC(=O)NC[C@@H]1OB2OC(C)(C)COc3ccc(Br)c1c32. The Hall–Kier alpha value is -1.25. The number of nitrogens with one attached hydrogen (secondary N) is 1. The molecule has 1 N–H and O–H groups in total. The molecule has 0 spiro atoms. The Bertz CT molecular complexity index is 688. The predicted molar refractivity (Wildman–Crippen MR) is 98.3 cm³/mol. The molecule has 0 unspecified atom stereocenters. The highest BCUT2D eigenvalue weighted by Crippen LogP contribution is 2.37. The van der Waals surface area contributed by atoms with Crippen LogP contribution in [0.1, 0.15) is 46.3 Å². The van der Waals surface area contributed by atoms with Crippen LogP contribution in [0.4, 0.5) is 4.79 Å². The lowest BCUT2D eigenvalue weighted by atomic mass is 9.77. The number of carbonyl (C=O) groups excluding carboxylic acids is 1. The zero-order valence-electron chi connectivity index (χ0n) is 15.1. The summed E-state index contributed by atoms with van der Waals surface area (Å²) in [7, 11) is -0.523. The van der Waals surface area contributed by atoms with Crippen molar-refractivity contribution in [2.75, 3.05) is 13.2 Å². The Morgan fingerprint density at radius 2 is 2.16 bits per heavy atom. The molecule has 3 rings (SSSR count). The van der Waals surface area contributed by atoms with Crippen LogP contribution in [0.3, 0.4) is 0 Å². The Labute approximate surface area is 156 Å². The summed E-state index contributed by atoms with van der Waals surface area (Å²) >= 11 is 3.58. The van der Waals surface area contributed by atoms with Gasteiger partial charge in [-0.1, -0.05) is 15.9 Å². The Balaban J connectivity index is 1.80. The molecule has 1 amide bonds. The lowest BCUT2D eigenvalue weighted by molar-refractivity contribution is 0.0249. The number of carbonyl (C=O) groups is 1. The first-order valence-corrected chi connectivity index (χ1v) is 9.10. The summed E-state index contributed by atoms with van der Waals surface area (Å²) in [6, 6.07) is 3.84. The van der Waals surface area contributed by atoms with Crippen molar-refractivity contribution in [3.8, 4) is 5.75 Å². The van der Waals surface area contributed by atoms with Crippen LogP contribution in [0.25, 0.3) is 0 Å². The molecule has 2 aliphatic rings. The smallest absolute Gasteiger partial charge is 0.491 e. The zero-order chi connectivity index (χ0) is 18.4. The highest BCUT2D eigenvalue weighted by Gasteiger charge is 2.46. The molecule has 1 atom stereocenters. The molecular formula is C17H23BBrNO5.